The van der Waals surface area contributed by atoms with Gasteiger partial charge in [-0.2, -0.15) is 13.2 Å². The molecule has 3 amide bonds. The molecule has 0 aliphatic carbocycles. The Bertz CT molecular complexity index is 1230. The largest absolute Gasteiger partial charge is 0.399 e. The fourth-order valence-corrected chi connectivity index (χ4v) is 4.57. The molecule has 0 aliphatic heterocycles. The van der Waals surface area contributed by atoms with Crippen LogP contribution in [0.5, 0.6) is 0 Å². The van der Waals surface area contributed by atoms with Crippen LogP contribution in [0.1, 0.15) is 46.2 Å². The van der Waals surface area contributed by atoms with Gasteiger partial charge in [-0.05, 0) is 80.2 Å². The number of hydrogen-bond donors (Lipinski definition) is 0. The van der Waals surface area contributed by atoms with Gasteiger partial charge in [-0.25, -0.2) is 4.90 Å². The van der Waals surface area contributed by atoms with E-state index in [1.807, 2.05) is 0 Å². The topological polar surface area (TPSA) is 74.8 Å². The first kappa shape index (κ1) is 29.2. The summed E-state index contributed by atoms with van der Waals surface area (Å²) in [4.78, 5) is 49.0. The predicted molar refractivity (Wildman–Crippen MR) is 137 cm³/mol. The number of hydrogen-bond acceptors (Lipinski definition) is 4. The number of carbonyl (C=O) groups excluding carboxylic acids is 4. The second-order valence-electron chi connectivity index (χ2n) is 8.69. The van der Waals surface area contributed by atoms with Crippen molar-refractivity contribution in [2.75, 3.05) is 16.8 Å². The van der Waals surface area contributed by atoms with Crippen LogP contribution in [0, 0.1) is 27.7 Å². The molecule has 0 heterocycles. The summed E-state index contributed by atoms with van der Waals surface area (Å²) in [5.41, 5.74) is 2.20. The van der Waals surface area contributed by atoms with Crippen molar-refractivity contribution in [1.82, 2.24) is 0 Å². The minimum absolute atomic E-state index is 0.0145. The number of benzene rings is 2. The molecule has 0 fully saturated rings. The summed E-state index contributed by atoms with van der Waals surface area (Å²) in [6.45, 7) is 7.93. The zero-order chi connectivity index (χ0) is 28.1. The van der Waals surface area contributed by atoms with Gasteiger partial charge < -0.3 is 4.90 Å². The first-order chi connectivity index (χ1) is 17.3. The molecule has 196 valence electrons. The Kier molecular flexibility index (Phi) is 9.33. The Balaban J connectivity index is 2.66. The SMILES string of the molecule is C/C=C\C(=O)N(C=O)c1c(C)cc(C(c2cc(C)c(N(C)C(=O)/C=C\C=O)c(C)c2)C(F)(F)F)cc1C. The predicted octanol–water partition coefficient (Wildman–Crippen LogP) is 5.40. The number of imide groups is 1. The van der Waals surface area contributed by atoms with Gasteiger partial charge in [-0.1, -0.05) is 30.3 Å². The van der Waals surface area contributed by atoms with Gasteiger partial charge in [0.05, 0.1) is 5.69 Å². The lowest BCUT2D eigenvalue weighted by Crippen LogP contribution is -2.29. The molecule has 0 aromatic heterocycles. The molecule has 37 heavy (non-hydrogen) atoms. The molecular weight excluding hydrogens is 485 g/mol. The van der Waals surface area contributed by atoms with Gasteiger partial charge in [0.25, 0.3) is 11.8 Å². The van der Waals surface area contributed by atoms with Gasteiger partial charge >= 0.3 is 6.18 Å². The van der Waals surface area contributed by atoms with Crippen molar-refractivity contribution in [3.05, 3.63) is 82.0 Å². The number of halogens is 3. The number of rotatable bonds is 8. The van der Waals surface area contributed by atoms with E-state index in [9.17, 15) is 32.3 Å². The van der Waals surface area contributed by atoms with Gasteiger partial charge in [0.2, 0.25) is 6.41 Å². The maximum Gasteiger partial charge on any atom is 0.399 e. The summed E-state index contributed by atoms with van der Waals surface area (Å²) in [5.74, 6) is -3.09. The van der Waals surface area contributed by atoms with Crippen molar-refractivity contribution in [1.29, 1.82) is 0 Å². The highest BCUT2D eigenvalue weighted by atomic mass is 19.4. The maximum absolute atomic E-state index is 14.5. The molecule has 6 nitrogen and oxygen atoms in total. The lowest BCUT2D eigenvalue weighted by Gasteiger charge is -2.27. The summed E-state index contributed by atoms with van der Waals surface area (Å²) in [6, 6.07) is 5.44. The standard InChI is InChI=1S/C28H29F3N2O4/c1-7-9-24(37)33(16-35)27-19(4)14-22(15-20(27)5)25(28(29,30)31)21-12-17(2)26(18(3)13-21)32(6)23(36)10-8-11-34/h7-16,25H,1-6H3/b9-7-,10-8-. The molecule has 2 aromatic rings. The number of amides is 3. The van der Waals surface area contributed by atoms with Crippen molar-refractivity contribution >= 4 is 35.9 Å². The monoisotopic (exact) mass is 514 g/mol. The van der Waals surface area contributed by atoms with Crippen LogP contribution in [-0.4, -0.2) is 37.7 Å². The molecule has 0 radical (unpaired) electrons. The van der Waals surface area contributed by atoms with E-state index in [4.69, 9.17) is 0 Å². The molecule has 0 saturated heterocycles. The number of anilines is 2. The fourth-order valence-electron chi connectivity index (χ4n) is 4.57. The van der Waals surface area contributed by atoms with Gasteiger partial charge in [-0.15, -0.1) is 0 Å². The molecule has 0 N–H and O–H groups in total. The molecular formula is C28H29F3N2O4. The molecule has 0 spiro atoms. The van der Waals surface area contributed by atoms with Gasteiger partial charge in [0, 0.05) is 18.8 Å². The fraction of sp³-hybridized carbons (Fsp3) is 0.286. The number of aryl methyl sites for hydroxylation is 4. The van der Waals surface area contributed by atoms with E-state index < -0.39 is 23.9 Å². The number of alkyl halides is 3. The second kappa shape index (κ2) is 11.8. The Labute approximate surface area is 214 Å². The Morgan fingerprint density at radius 1 is 0.811 bits per heavy atom. The van der Waals surface area contributed by atoms with Gasteiger partial charge in [0.1, 0.15) is 12.2 Å². The van der Waals surface area contributed by atoms with Crippen LogP contribution in [0.3, 0.4) is 0 Å². The maximum atomic E-state index is 14.5. The van der Waals surface area contributed by atoms with E-state index in [0.29, 0.717) is 40.6 Å². The molecule has 2 rings (SSSR count). The Hall–Kier alpha value is -4.01. The molecule has 0 aliphatic rings. The van der Waals surface area contributed by atoms with E-state index in [1.54, 1.807) is 34.6 Å². The van der Waals surface area contributed by atoms with E-state index >= 15 is 0 Å². The normalized spacial score (nSPS) is 12.6. The average Bonchev–Trinajstić information content (AvgIpc) is 2.78. The van der Waals surface area contributed by atoms with Crippen molar-refractivity contribution in [3.63, 3.8) is 0 Å². The molecule has 0 bridgehead atoms. The molecule has 9 heteroatoms. The zero-order valence-electron chi connectivity index (χ0n) is 21.5. The highest BCUT2D eigenvalue weighted by molar-refractivity contribution is 6.13. The number of nitrogens with zero attached hydrogens (tertiary/aromatic N) is 2. The van der Waals surface area contributed by atoms with Crippen molar-refractivity contribution in [2.45, 2.75) is 46.7 Å². The minimum Gasteiger partial charge on any atom is -0.311 e. The number of likely N-dealkylation sites (N-methyl/N-ethyl adjacent to an activating group) is 1. The van der Waals surface area contributed by atoms with Crippen molar-refractivity contribution < 1.29 is 32.3 Å². The van der Waals surface area contributed by atoms with E-state index in [2.05, 4.69) is 0 Å². The summed E-state index contributed by atoms with van der Waals surface area (Å²) in [7, 11) is 1.48. The smallest absolute Gasteiger partial charge is 0.311 e. The third kappa shape index (κ3) is 6.41. The van der Waals surface area contributed by atoms with E-state index in [-0.39, 0.29) is 16.8 Å². The molecule has 1 unspecified atom stereocenters. The highest BCUT2D eigenvalue weighted by Crippen LogP contribution is 2.43. The van der Waals surface area contributed by atoms with Crippen LogP contribution in [0.4, 0.5) is 24.5 Å². The van der Waals surface area contributed by atoms with Crippen LogP contribution < -0.4 is 9.80 Å². The Morgan fingerprint density at radius 2 is 1.27 bits per heavy atom. The zero-order valence-corrected chi connectivity index (χ0v) is 21.5. The molecule has 0 saturated carbocycles. The Morgan fingerprint density at radius 3 is 1.65 bits per heavy atom. The lowest BCUT2D eigenvalue weighted by molar-refractivity contribution is -0.141. The molecule has 2 aromatic carbocycles. The van der Waals surface area contributed by atoms with Crippen LogP contribution in [-0.2, 0) is 19.2 Å². The van der Waals surface area contributed by atoms with Crippen LogP contribution in [0.2, 0.25) is 0 Å². The van der Waals surface area contributed by atoms with Crippen LogP contribution in [0.25, 0.3) is 0 Å². The second-order valence-corrected chi connectivity index (χ2v) is 8.69. The van der Waals surface area contributed by atoms with Crippen LogP contribution >= 0.6 is 0 Å². The summed E-state index contributed by atoms with van der Waals surface area (Å²) >= 11 is 0. The van der Waals surface area contributed by atoms with Crippen molar-refractivity contribution in [3.8, 4) is 0 Å². The lowest BCUT2D eigenvalue weighted by atomic mass is 9.86. The highest BCUT2D eigenvalue weighted by Gasteiger charge is 2.42. The summed E-state index contributed by atoms with van der Waals surface area (Å²) < 4.78 is 43.4. The first-order valence-corrected chi connectivity index (χ1v) is 11.4. The number of aldehydes is 1. The average molecular weight is 515 g/mol. The van der Waals surface area contributed by atoms with Gasteiger partial charge in [0.15, 0.2) is 0 Å². The third-order valence-corrected chi connectivity index (χ3v) is 5.90. The quantitative estimate of drug-likeness (QED) is 0.349. The minimum atomic E-state index is -4.65. The number of allylic oxidation sites excluding steroid dienone is 2. The first-order valence-electron chi connectivity index (χ1n) is 11.4. The van der Waals surface area contributed by atoms with E-state index in [0.717, 1.165) is 17.1 Å². The number of carbonyl (C=O) groups is 4. The van der Waals surface area contributed by atoms with Gasteiger partial charge in [-0.3, -0.25) is 19.2 Å². The summed E-state index contributed by atoms with van der Waals surface area (Å²) in [6.07, 6.45) is 0.937. The van der Waals surface area contributed by atoms with Crippen LogP contribution in [0.15, 0.2) is 48.6 Å². The van der Waals surface area contributed by atoms with E-state index in [1.165, 1.54) is 48.4 Å². The summed E-state index contributed by atoms with van der Waals surface area (Å²) in [5, 5.41) is 0. The van der Waals surface area contributed by atoms with Crippen molar-refractivity contribution in [2.24, 2.45) is 0 Å². The molecule has 1 atom stereocenters. The third-order valence-electron chi connectivity index (χ3n) is 5.90.